The molecule has 0 radical (unpaired) electrons. The first kappa shape index (κ1) is 21.4. The number of ether oxygens (including phenoxy) is 2. The van der Waals surface area contributed by atoms with E-state index in [0.717, 1.165) is 11.1 Å². The van der Waals surface area contributed by atoms with Gasteiger partial charge in [-0.3, -0.25) is 4.79 Å². The van der Waals surface area contributed by atoms with Gasteiger partial charge in [0.25, 0.3) is 0 Å². The smallest absolute Gasteiger partial charge is 0.304 e. The fourth-order valence-electron chi connectivity index (χ4n) is 4.79. The maximum Gasteiger partial charge on any atom is 0.304 e. The first-order valence-electron chi connectivity index (χ1n) is 10.8. The van der Waals surface area contributed by atoms with Crippen LogP contribution in [0.2, 0.25) is 0 Å². The summed E-state index contributed by atoms with van der Waals surface area (Å²) in [6.07, 6.45) is 0.541. The number of carboxylic acids is 1. The second-order valence-corrected chi connectivity index (χ2v) is 8.43. The molecule has 33 heavy (non-hydrogen) atoms. The van der Waals surface area contributed by atoms with Crippen molar-refractivity contribution in [3.63, 3.8) is 0 Å². The lowest BCUT2D eigenvalue weighted by Crippen LogP contribution is -2.08. The van der Waals surface area contributed by atoms with Gasteiger partial charge in [0.2, 0.25) is 0 Å². The van der Waals surface area contributed by atoms with Crippen LogP contribution in [0.5, 0.6) is 11.5 Å². The molecule has 0 saturated carbocycles. The second kappa shape index (κ2) is 8.46. The highest BCUT2D eigenvalue weighted by Gasteiger charge is 2.31. The number of carboxylic acid groups (broad SMARTS) is 1. The predicted molar refractivity (Wildman–Crippen MR) is 114 cm³/mol. The number of rotatable bonds is 6. The van der Waals surface area contributed by atoms with Crippen molar-refractivity contribution in [2.75, 3.05) is 6.61 Å². The largest absolute Gasteiger partial charge is 0.492 e. The molecule has 4 nitrogen and oxygen atoms in total. The van der Waals surface area contributed by atoms with Crippen LogP contribution < -0.4 is 9.47 Å². The molecule has 7 heteroatoms. The first-order chi connectivity index (χ1) is 15.9. The van der Waals surface area contributed by atoms with Gasteiger partial charge in [-0.05, 0) is 48.2 Å². The van der Waals surface area contributed by atoms with Crippen LogP contribution >= 0.6 is 0 Å². The van der Waals surface area contributed by atoms with Crippen molar-refractivity contribution in [3.05, 3.63) is 93.8 Å². The maximum atomic E-state index is 14.8. The summed E-state index contributed by atoms with van der Waals surface area (Å²) in [4.78, 5) is 11.0. The van der Waals surface area contributed by atoms with E-state index in [2.05, 4.69) is 0 Å². The van der Waals surface area contributed by atoms with Crippen LogP contribution in [0, 0.1) is 17.5 Å². The highest BCUT2D eigenvalue weighted by atomic mass is 19.1. The first-order valence-corrected chi connectivity index (χ1v) is 10.8. The molecular weight excluding hydrogens is 433 g/mol. The molecule has 0 bridgehead atoms. The van der Waals surface area contributed by atoms with Crippen LogP contribution in [0.4, 0.5) is 13.2 Å². The molecule has 0 fully saturated rings. The molecule has 1 aliphatic heterocycles. The molecule has 0 amide bonds. The van der Waals surface area contributed by atoms with Gasteiger partial charge in [-0.2, -0.15) is 0 Å². The van der Waals surface area contributed by atoms with Crippen LogP contribution in [0.25, 0.3) is 0 Å². The van der Waals surface area contributed by atoms with Gasteiger partial charge in [-0.25, -0.2) is 13.2 Å². The topological polar surface area (TPSA) is 55.8 Å². The Morgan fingerprint density at radius 2 is 1.85 bits per heavy atom. The number of carbonyl (C=O) groups is 1. The fraction of sp³-hybridized carbons (Fsp3) is 0.269. The van der Waals surface area contributed by atoms with Gasteiger partial charge < -0.3 is 14.6 Å². The Balaban J connectivity index is 1.40. The Bertz CT molecular complexity index is 1220. The van der Waals surface area contributed by atoms with Crippen LogP contribution in [-0.4, -0.2) is 17.7 Å². The second-order valence-electron chi connectivity index (χ2n) is 8.43. The number of halogens is 3. The molecule has 3 aromatic rings. The van der Waals surface area contributed by atoms with Crippen LogP contribution in [0.3, 0.4) is 0 Å². The summed E-state index contributed by atoms with van der Waals surface area (Å²) in [5.41, 5.74) is 2.59. The van der Waals surface area contributed by atoms with Crippen molar-refractivity contribution in [3.8, 4) is 11.5 Å². The van der Waals surface area contributed by atoms with E-state index in [4.69, 9.17) is 14.6 Å². The average molecular weight is 454 g/mol. The average Bonchev–Trinajstić information content (AvgIpc) is 3.37. The van der Waals surface area contributed by atoms with Gasteiger partial charge in [-0.15, -0.1) is 0 Å². The van der Waals surface area contributed by atoms with Crippen molar-refractivity contribution >= 4 is 5.97 Å². The van der Waals surface area contributed by atoms with Gasteiger partial charge in [0.1, 0.15) is 35.1 Å². The van der Waals surface area contributed by atoms with Crippen molar-refractivity contribution < 1.29 is 32.5 Å². The Hall–Kier alpha value is -3.48. The third kappa shape index (κ3) is 4.03. The minimum atomic E-state index is -0.888. The summed E-state index contributed by atoms with van der Waals surface area (Å²) in [5.74, 6) is -1.70. The Kier molecular flexibility index (Phi) is 5.48. The van der Waals surface area contributed by atoms with Gasteiger partial charge in [0, 0.05) is 35.1 Å². The van der Waals surface area contributed by atoms with E-state index in [1.165, 1.54) is 24.3 Å². The molecule has 5 rings (SSSR count). The van der Waals surface area contributed by atoms with E-state index in [9.17, 15) is 18.0 Å². The third-order valence-corrected chi connectivity index (χ3v) is 6.37. The molecule has 170 valence electrons. The zero-order valence-electron chi connectivity index (χ0n) is 17.6. The van der Waals surface area contributed by atoms with Crippen LogP contribution in [-0.2, 0) is 17.6 Å². The van der Waals surface area contributed by atoms with Gasteiger partial charge in [-0.1, -0.05) is 18.2 Å². The number of fused-ring (bicyclic) bond motifs is 2. The summed E-state index contributed by atoms with van der Waals surface area (Å²) in [6, 6.07) is 11.9. The zero-order chi connectivity index (χ0) is 23.1. The normalized spacial score (nSPS) is 18.5. The van der Waals surface area contributed by atoms with E-state index < -0.39 is 29.5 Å². The highest BCUT2D eigenvalue weighted by molar-refractivity contribution is 5.68. The molecule has 1 aliphatic carbocycles. The predicted octanol–water partition coefficient (Wildman–Crippen LogP) is 5.71. The number of benzene rings is 3. The molecule has 2 unspecified atom stereocenters. The Morgan fingerprint density at radius 1 is 1.06 bits per heavy atom. The monoisotopic (exact) mass is 454 g/mol. The van der Waals surface area contributed by atoms with Crippen LogP contribution in [0.1, 0.15) is 52.7 Å². The standard InChI is InChI=1S/C26H21F3O4/c27-20-2-1-3-21(28)19(20)10-14-4-8-22(29)26-18(14)7-9-23(26)33-16-5-6-17-15(11-25(30)31)13-32-24(17)12-16/h1-6,8,12,15,23H,7,9-11,13H2,(H,30,31). The number of hydrogen-bond acceptors (Lipinski definition) is 3. The number of hydrogen-bond donors (Lipinski definition) is 1. The van der Waals surface area contributed by atoms with Gasteiger partial charge in [0.05, 0.1) is 13.0 Å². The lowest BCUT2D eigenvalue weighted by atomic mass is 9.96. The zero-order valence-corrected chi connectivity index (χ0v) is 17.6. The quantitative estimate of drug-likeness (QED) is 0.518. The fourth-order valence-corrected chi connectivity index (χ4v) is 4.79. The molecule has 0 aromatic heterocycles. The van der Waals surface area contributed by atoms with E-state index >= 15 is 0 Å². The summed E-state index contributed by atoms with van der Waals surface area (Å²) in [6.45, 7) is 0.294. The minimum Gasteiger partial charge on any atom is -0.492 e. The van der Waals surface area contributed by atoms with Crippen molar-refractivity contribution in [2.45, 2.75) is 37.7 Å². The SMILES string of the molecule is O=C(O)CC1COc2cc(OC3CCc4c(Cc5c(F)cccc5F)ccc(F)c43)ccc21. The molecule has 1 heterocycles. The lowest BCUT2D eigenvalue weighted by Gasteiger charge is -2.17. The molecule has 2 aliphatic rings. The summed E-state index contributed by atoms with van der Waals surface area (Å²) in [5, 5.41) is 9.05. The summed E-state index contributed by atoms with van der Waals surface area (Å²) in [7, 11) is 0. The Labute approximate surface area is 188 Å². The molecule has 0 spiro atoms. The van der Waals surface area contributed by atoms with Crippen molar-refractivity contribution in [2.24, 2.45) is 0 Å². The number of aliphatic carboxylic acids is 1. The molecular formula is C26H21F3O4. The molecule has 0 saturated heterocycles. The molecule has 2 atom stereocenters. The summed E-state index contributed by atoms with van der Waals surface area (Å²) >= 11 is 0. The highest BCUT2D eigenvalue weighted by Crippen LogP contribution is 2.42. The Morgan fingerprint density at radius 3 is 2.61 bits per heavy atom. The van der Waals surface area contributed by atoms with E-state index in [1.54, 1.807) is 24.3 Å². The minimum absolute atomic E-state index is 0.0141. The maximum absolute atomic E-state index is 14.8. The van der Waals surface area contributed by atoms with E-state index in [-0.39, 0.29) is 24.3 Å². The summed E-state index contributed by atoms with van der Waals surface area (Å²) < 4.78 is 54.8. The van der Waals surface area contributed by atoms with Crippen molar-refractivity contribution in [1.82, 2.24) is 0 Å². The van der Waals surface area contributed by atoms with Crippen LogP contribution in [0.15, 0.2) is 48.5 Å². The lowest BCUT2D eigenvalue weighted by molar-refractivity contribution is -0.137. The van der Waals surface area contributed by atoms with E-state index in [0.29, 0.717) is 42.1 Å². The molecule has 1 N–H and O–H groups in total. The van der Waals surface area contributed by atoms with Gasteiger partial charge >= 0.3 is 5.97 Å². The molecule has 3 aromatic carbocycles. The van der Waals surface area contributed by atoms with Crippen molar-refractivity contribution in [1.29, 1.82) is 0 Å². The van der Waals surface area contributed by atoms with E-state index in [1.807, 2.05) is 0 Å². The van der Waals surface area contributed by atoms with Gasteiger partial charge in [0.15, 0.2) is 0 Å². The third-order valence-electron chi connectivity index (χ3n) is 6.37.